The monoisotopic (exact) mass is 399 g/mol. The summed E-state index contributed by atoms with van der Waals surface area (Å²) in [5.74, 6) is 2.72. The summed E-state index contributed by atoms with van der Waals surface area (Å²) < 4.78 is 0. The summed E-state index contributed by atoms with van der Waals surface area (Å²) in [6, 6.07) is 3.92. The van der Waals surface area contributed by atoms with E-state index in [-0.39, 0.29) is 17.6 Å². The van der Waals surface area contributed by atoms with E-state index in [1.165, 1.54) is 19.3 Å². The fourth-order valence-corrected chi connectivity index (χ4v) is 7.30. The van der Waals surface area contributed by atoms with Gasteiger partial charge in [0.05, 0.1) is 17.9 Å². The molecule has 0 radical (unpaired) electrons. The van der Waals surface area contributed by atoms with E-state index in [1.54, 1.807) is 0 Å². The van der Waals surface area contributed by atoms with Crippen LogP contribution in [-0.2, 0) is 17.8 Å². The lowest BCUT2D eigenvalue weighted by Gasteiger charge is -2.56. The molecular formula is C24H30ClNO2. The lowest BCUT2D eigenvalue weighted by atomic mass is 9.48. The average Bonchev–Trinajstić information content (AvgIpc) is 2.59. The minimum atomic E-state index is -0.228. The van der Waals surface area contributed by atoms with E-state index in [4.69, 9.17) is 16.6 Å². The molecule has 150 valence electrons. The quantitative estimate of drug-likeness (QED) is 0.762. The van der Waals surface area contributed by atoms with Crippen LogP contribution in [0.5, 0.6) is 0 Å². The fourth-order valence-electron chi connectivity index (χ4n) is 7.05. The molecule has 0 saturated heterocycles. The van der Waals surface area contributed by atoms with Crippen molar-refractivity contribution in [3.63, 3.8) is 0 Å². The van der Waals surface area contributed by atoms with Crippen LogP contribution in [0.25, 0.3) is 0 Å². The minimum Gasteiger partial charge on any atom is -0.392 e. The Labute approximate surface area is 172 Å². The first kappa shape index (κ1) is 18.8. The van der Waals surface area contributed by atoms with Gasteiger partial charge in [-0.1, -0.05) is 11.6 Å². The lowest BCUT2D eigenvalue weighted by molar-refractivity contribution is -0.142. The largest absolute Gasteiger partial charge is 0.392 e. The molecule has 1 aromatic carbocycles. The molecule has 0 aromatic heterocycles. The summed E-state index contributed by atoms with van der Waals surface area (Å²) in [6.45, 7) is 4.16. The molecule has 4 bridgehead atoms. The summed E-state index contributed by atoms with van der Waals surface area (Å²) in [6.07, 6.45) is 8.58. The Morgan fingerprint density at radius 1 is 1.14 bits per heavy atom. The number of Topliss-reactive ketones (excluding diaryl/α,β-unsaturated/α-hetero) is 1. The molecule has 1 N–H and O–H groups in total. The second-order valence-electron chi connectivity index (χ2n) is 10.6. The predicted octanol–water partition coefficient (Wildman–Crippen LogP) is 5.13. The highest BCUT2D eigenvalue weighted by atomic mass is 35.5. The number of nitrogens with zero attached hydrogens (tertiary/aromatic N) is 1. The highest BCUT2D eigenvalue weighted by molar-refractivity contribution is 6.31. The summed E-state index contributed by atoms with van der Waals surface area (Å²) in [4.78, 5) is 18.7. The molecule has 0 atom stereocenters. The van der Waals surface area contributed by atoms with Crippen LogP contribution in [-0.4, -0.2) is 22.1 Å². The molecule has 1 heterocycles. The van der Waals surface area contributed by atoms with E-state index in [9.17, 15) is 9.90 Å². The maximum atomic E-state index is 13.7. The Kier molecular flexibility index (Phi) is 4.30. The molecule has 3 nitrogen and oxygen atoms in total. The van der Waals surface area contributed by atoms with Crippen molar-refractivity contribution in [1.82, 2.24) is 0 Å². The SMILES string of the molecule is CC1(C)Cc2cc(Cl)c(CO)cc2C(CC(=O)C23CC4CC(CC(C4)C2)C3)=N1. The van der Waals surface area contributed by atoms with Gasteiger partial charge < -0.3 is 5.11 Å². The Morgan fingerprint density at radius 3 is 2.32 bits per heavy atom. The van der Waals surface area contributed by atoms with Crippen LogP contribution in [0.2, 0.25) is 5.02 Å². The van der Waals surface area contributed by atoms with E-state index in [1.807, 2.05) is 12.1 Å². The molecule has 5 aliphatic rings. The molecule has 0 spiro atoms. The standard InChI is InChI=1S/C24H30ClNO2/c1-23(2)12-17-7-20(25)18(13-27)6-19(17)21(26-23)8-22(28)24-9-14-3-15(10-24)5-16(4-14)11-24/h6-7,14-16,27H,3-5,8-13H2,1-2H3. The Bertz CT molecular complexity index is 834. The predicted molar refractivity (Wildman–Crippen MR) is 112 cm³/mol. The van der Waals surface area contributed by atoms with Crippen LogP contribution >= 0.6 is 11.6 Å². The topological polar surface area (TPSA) is 49.7 Å². The number of benzene rings is 1. The second-order valence-corrected chi connectivity index (χ2v) is 11.0. The van der Waals surface area contributed by atoms with Gasteiger partial charge in [-0.2, -0.15) is 0 Å². The molecule has 4 heteroatoms. The first-order valence-electron chi connectivity index (χ1n) is 10.8. The van der Waals surface area contributed by atoms with Crippen LogP contribution in [0.4, 0.5) is 0 Å². The number of ketones is 1. The summed E-state index contributed by atoms with van der Waals surface area (Å²) >= 11 is 6.35. The maximum Gasteiger partial charge on any atom is 0.145 e. The number of fused-ring (bicyclic) bond motifs is 1. The first-order valence-corrected chi connectivity index (χ1v) is 11.2. The van der Waals surface area contributed by atoms with Crippen molar-refractivity contribution in [3.05, 3.63) is 33.8 Å². The van der Waals surface area contributed by atoms with Gasteiger partial charge in [0, 0.05) is 16.9 Å². The summed E-state index contributed by atoms with van der Waals surface area (Å²) in [7, 11) is 0. The molecule has 28 heavy (non-hydrogen) atoms. The normalized spacial score (nSPS) is 34.9. The van der Waals surface area contributed by atoms with Crippen molar-refractivity contribution in [2.24, 2.45) is 28.2 Å². The summed E-state index contributed by atoms with van der Waals surface area (Å²) in [5.41, 5.74) is 3.47. The van der Waals surface area contributed by atoms with E-state index in [0.29, 0.717) is 17.2 Å². The Hall–Kier alpha value is -1.19. The van der Waals surface area contributed by atoms with Gasteiger partial charge in [0.15, 0.2) is 0 Å². The van der Waals surface area contributed by atoms with Crippen LogP contribution in [0.3, 0.4) is 0 Å². The van der Waals surface area contributed by atoms with Gasteiger partial charge in [0.25, 0.3) is 0 Å². The average molecular weight is 400 g/mol. The smallest absolute Gasteiger partial charge is 0.145 e. The van der Waals surface area contributed by atoms with Crippen molar-refractivity contribution < 1.29 is 9.90 Å². The molecule has 4 saturated carbocycles. The number of halogens is 1. The Balaban J connectivity index is 1.48. The molecule has 0 unspecified atom stereocenters. The number of aliphatic imine (C=N–C) groups is 1. The molecule has 1 aromatic rings. The zero-order valence-corrected chi connectivity index (χ0v) is 17.7. The van der Waals surface area contributed by atoms with Gasteiger partial charge in [-0.15, -0.1) is 0 Å². The van der Waals surface area contributed by atoms with E-state index in [2.05, 4.69) is 13.8 Å². The van der Waals surface area contributed by atoms with Crippen LogP contribution in [0, 0.1) is 23.2 Å². The number of aliphatic hydroxyl groups excluding tert-OH is 1. The van der Waals surface area contributed by atoms with Gasteiger partial charge in [-0.05, 0) is 105 Å². The van der Waals surface area contributed by atoms with E-state index >= 15 is 0 Å². The Morgan fingerprint density at radius 2 is 1.75 bits per heavy atom. The molecule has 6 rings (SSSR count). The third-order valence-electron chi connectivity index (χ3n) is 7.77. The van der Waals surface area contributed by atoms with Gasteiger partial charge in [-0.25, -0.2) is 0 Å². The third kappa shape index (κ3) is 3.06. The first-order chi connectivity index (χ1) is 13.3. The highest BCUT2D eigenvalue weighted by Crippen LogP contribution is 2.60. The van der Waals surface area contributed by atoms with Gasteiger partial charge in [-0.3, -0.25) is 9.79 Å². The van der Waals surface area contributed by atoms with Gasteiger partial charge in [0.2, 0.25) is 0 Å². The van der Waals surface area contributed by atoms with Crippen LogP contribution < -0.4 is 0 Å². The molecule has 0 amide bonds. The maximum absolute atomic E-state index is 13.7. The van der Waals surface area contributed by atoms with Crippen LogP contribution in [0.1, 0.15) is 75.5 Å². The third-order valence-corrected chi connectivity index (χ3v) is 8.12. The fraction of sp³-hybridized carbons (Fsp3) is 0.667. The molecule has 4 fully saturated rings. The molecular weight excluding hydrogens is 370 g/mol. The molecule has 1 aliphatic heterocycles. The van der Waals surface area contributed by atoms with Crippen LogP contribution in [0.15, 0.2) is 17.1 Å². The van der Waals surface area contributed by atoms with Crippen molar-refractivity contribution in [3.8, 4) is 0 Å². The minimum absolute atomic E-state index is 0.0916. The van der Waals surface area contributed by atoms with Gasteiger partial charge >= 0.3 is 0 Å². The number of rotatable bonds is 4. The second kappa shape index (κ2) is 6.40. The van der Waals surface area contributed by atoms with Gasteiger partial charge in [0.1, 0.15) is 5.78 Å². The van der Waals surface area contributed by atoms with E-state index in [0.717, 1.165) is 65.8 Å². The van der Waals surface area contributed by atoms with Crippen molar-refractivity contribution in [2.75, 3.05) is 0 Å². The number of aliphatic hydroxyl groups is 1. The zero-order valence-electron chi connectivity index (χ0n) is 16.9. The highest BCUT2D eigenvalue weighted by Gasteiger charge is 2.54. The van der Waals surface area contributed by atoms with Crippen molar-refractivity contribution >= 4 is 23.1 Å². The number of hydrogen-bond donors (Lipinski definition) is 1. The molecule has 4 aliphatic carbocycles. The van der Waals surface area contributed by atoms with E-state index < -0.39 is 0 Å². The zero-order chi connectivity index (χ0) is 19.7. The number of carbonyl (C=O) groups excluding carboxylic acids is 1. The van der Waals surface area contributed by atoms with Crippen molar-refractivity contribution in [1.29, 1.82) is 0 Å². The lowest BCUT2D eigenvalue weighted by Crippen LogP contribution is -2.50. The number of hydrogen-bond acceptors (Lipinski definition) is 3. The van der Waals surface area contributed by atoms with Crippen molar-refractivity contribution in [2.45, 2.75) is 77.4 Å². The summed E-state index contributed by atoms with van der Waals surface area (Å²) in [5, 5.41) is 10.3. The number of carbonyl (C=O) groups is 1.